The number of carbonyl (C=O) groups excluding carboxylic acids is 1. The first-order valence-electron chi connectivity index (χ1n) is 8.32. The van der Waals surface area contributed by atoms with E-state index in [1.54, 1.807) is 0 Å². The zero-order valence-corrected chi connectivity index (χ0v) is 16.8. The highest BCUT2D eigenvalue weighted by atomic mass is 19.4. The number of ether oxygens (including phenoxy) is 1. The standard InChI is InChI=1S/C15H9F19O2/c1-3-36-6(35)5(2)4-7(16,10(20,21)15(32,33)34)9(18,19)12(24,25)11(22,23)8(17,13(26,27)28)14(29,30)31/h4H,3H2,1-2H3. The lowest BCUT2D eigenvalue weighted by atomic mass is 9.78. The summed E-state index contributed by atoms with van der Waals surface area (Å²) in [5, 5.41) is 0. The Bertz CT molecular complexity index is 832. The van der Waals surface area contributed by atoms with Crippen molar-refractivity contribution in [2.75, 3.05) is 6.61 Å². The molecule has 1 unspecified atom stereocenters. The molecule has 0 heterocycles. The number of allylic oxidation sites excluding steroid dienone is 1. The molecular weight excluding hydrogens is 573 g/mol. The van der Waals surface area contributed by atoms with Crippen LogP contribution in [-0.2, 0) is 9.53 Å². The van der Waals surface area contributed by atoms with Crippen LogP contribution in [-0.4, -0.2) is 66.1 Å². The smallest absolute Gasteiger partial charge is 0.457 e. The van der Waals surface area contributed by atoms with Crippen LogP contribution in [0.2, 0.25) is 0 Å². The number of rotatable bonds is 8. The Morgan fingerprint density at radius 1 is 0.583 bits per heavy atom. The van der Waals surface area contributed by atoms with Crippen molar-refractivity contribution in [2.24, 2.45) is 0 Å². The van der Waals surface area contributed by atoms with Gasteiger partial charge in [0.05, 0.1) is 6.61 Å². The minimum Gasteiger partial charge on any atom is -0.463 e. The normalized spacial score (nSPS) is 17.6. The lowest BCUT2D eigenvalue weighted by Gasteiger charge is -2.46. The van der Waals surface area contributed by atoms with Gasteiger partial charge in [0, 0.05) is 5.57 Å². The summed E-state index contributed by atoms with van der Waals surface area (Å²) in [6.45, 7) is -0.280. The molecule has 0 N–H and O–H groups in total. The second-order valence-corrected chi connectivity index (χ2v) is 6.71. The van der Waals surface area contributed by atoms with E-state index in [1.807, 2.05) is 0 Å². The SMILES string of the molecule is CCOC(=O)C(C)=CC(F)(C(F)(F)C(F)(F)F)C(F)(F)C(F)(F)C(F)(F)C(F)(C(F)(F)F)C(F)(F)F. The third-order valence-electron chi connectivity index (χ3n) is 4.29. The van der Waals surface area contributed by atoms with Gasteiger partial charge in [-0.3, -0.25) is 0 Å². The van der Waals surface area contributed by atoms with Crippen molar-refractivity contribution in [3.8, 4) is 0 Å². The van der Waals surface area contributed by atoms with Crippen molar-refractivity contribution >= 4 is 5.97 Å². The van der Waals surface area contributed by atoms with E-state index in [1.165, 1.54) is 0 Å². The van der Waals surface area contributed by atoms with Crippen LogP contribution in [0.25, 0.3) is 0 Å². The molecule has 36 heavy (non-hydrogen) atoms. The van der Waals surface area contributed by atoms with E-state index in [2.05, 4.69) is 4.74 Å². The van der Waals surface area contributed by atoms with E-state index in [9.17, 15) is 88.2 Å². The van der Waals surface area contributed by atoms with E-state index >= 15 is 0 Å². The molecule has 0 saturated heterocycles. The van der Waals surface area contributed by atoms with Gasteiger partial charge in [-0.2, -0.15) is 74.6 Å². The Hall–Kier alpha value is -2.12. The van der Waals surface area contributed by atoms with E-state index in [0.717, 1.165) is 6.92 Å². The average Bonchev–Trinajstić information content (AvgIpc) is 2.63. The van der Waals surface area contributed by atoms with Gasteiger partial charge in [-0.1, -0.05) is 0 Å². The first-order valence-corrected chi connectivity index (χ1v) is 8.32. The number of hydrogen-bond acceptors (Lipinski definition) is 2. The monoisotopic (exact) mass is 582 g/mol. The van der Waals surface area contributed by atoms with E-state index < -0.39 is 77.8 Å². The van der Waals surface area contributed by atoms with Gasteiger partial charge in [0.2, 0.25) is 0 Å². The zero-order chi connectivity index (χ0) is 29.8. The minimum atomic E-state index is -9.01. The van der Waals surface area contributed by atoms with Crippen molar-refractivity contribution in [3.63, 3.8) is 0 Å². The fourth-order valence-electron chi connectivity index (χ4n) is 2.35. The van der Waals surface area contributed by atoms with Crippen molar-refractivity contribution < 1.29 is 92.9 Å². The molecule has 0 fully saturated rings. The molecule has 0 saturated carbocycles. The van der Waals surface area contributed by atoms with Crippen molar-refractivity contribution in [3.05, 3.63) is 11.6 Å². The van der Waals surface area contributed by atoms with Crippen LogP contribution in [0, 0.1) is 0 Å². The van der Waals surface area contributed by atoms with Crippen LogP contribution in [0.3, 0.4) is 0 Å². The molecule has 0 amide bonds. The van der Waals surface area contributed by atoms with Gasteiger partial charge < -0.3 is 4.74 Å². The third kappa shape index (κ3) is 4.53. The summed E-state index contributed by atoms with van der Waals surface area (Å²) in [5.74, 6) is -37.0. The maximum absolute atomic E-state index is 14.7. The maximum Gasteiger partial charge on any atom is 0.457 e. The highest BCUT2D eigenvalue weighted by molar-refractivity contribution is 5.88. The topological polar surface area (TPSA) is 26.3 Å². The summed E-state index contributed by atoms with van der Waals surface area (Å²) in [6.07, 6.45) is -26.5. The van der Waals surface area contributed by atoms with E-state index in [-0.39, 0.29) is 6.92 Å². The van der Waals surface area contributed by atoms with Crippen molar-refractivity contribution in [1.82, 2.24) is 0 Å². The number of esters is 1. The molecule has 0 aliphatic rings. The Kier molecular flexibility index (Phi) is 8.49. The second kappa shape index (κ2) is 9.02. The van der Waals surface area contributed by atoms with Gasteiger partial charge in [0.25, 0.3) is 5.67 Å². The summed E-state index contributed by atoms with van der Waals surface area (Å²) in [6, 6.07) is 0. The molecular formula is C15H9F19O2. The second-order valence-electron chi connectivity index (χ2n) is 6.71. The fourth-order valence-corrected chi connectivity index (χ4v) is 2.35. The van der Waals surface area contributed by atoms with Crippen LogP contribution in [0.15, 0.2) is 11.6 Å². The molecule has 0 aromatic carbocycles. The van der Waals surface area contributed by atoms with Crippen LogP contribution >= 0.6 is 0 Å². The highest BCUT2D eigenvalue weighted by Crippen LogP contribution is 2.66. The predicted molar refractivity (Wildman–Crippen MR) is 76.0 cm³/mol. The Balaban J connectivity index is 7.71. The Morgan fingerprint density at radius 2 is 0.944 bits per heavy atom. The number of halogens is 19. The highest BCUT2D eigenvalue weighted by Gasteiger charge is 2.97. The molecule has 0 bridgehead atoms. The molecule has 21 heteroatoms. The zero-order valence-electron chi connectivity index (χ0n) is 16.8. The lowest BCUT2D eigenvalue weighted by molar-refractivity contribution is -0.460. The van der Waals surface area contributed by atoms with Crippen molar-refractivity contribution in [2.45, 2.75) is 67.4 Å². The third-order valence-corrected chi connectivity index (χ3v) is 4.29. The van der Waals surface area contributed by atoms with Crippen LogP contribution in [0.5, 0.6) is 0 Å². The summed E-state index contributed by atoms with van der Waals surface area (Å²) in [4.78, 5) is 11.3. The van der Waals surface area contributed by atoms with Gasteiger partial charge in [-0.25, -0.2) is 13.6 Å². The average molecular weight is 582 g/mol. The number of hydrogen-bond donors (Lipinski definition) is 0. The molecule has 214 valence electrons. The lowest BCUT2D eigenvalue weighted by Crippen LogP contribution is -2.78. The molecule has 1 atom stereocenters. The quantitative estimate of drug-likeness (QED) is 0.173. The Morgan fingerprint density at radius 3 is 1.22 bits per heavy atom. The predicted octanol–water partition coefficient (Wildman–Crippen LogP) is 7.14. The summed E-state index contributed by atoms with van der Waals surface area (Å²) in [7, 11) is 0. The summed E-state index contributed by atoms with van der Waals surface area (Å²) < 4.78 is 256. The molecule has 0 aromatic rings. The molecule has 0 spiro atoms. The molecule has 2 nitrogen and oxygen atoms in total. The Labute approximate surface area is 186 Å². The van der Waals surface area contributed by atoms with E-state index in [4.69, 9.17) is 0 Å². The van der Waals surface area contributed by atoms with Gasteiger partial charge in [-0.05, 0) is 19.9 Å². The summed E-state index contributed by atoms with van der Waals surface area (Å²) in [5.41, 5.74) is -18.8. The van der Waals surface area contributed by atoms with Gasteiger partial charge >= 0.3 is 53.9 Å². The number of alkyl halides is 19. The minimum absolute atomic E-state index is 0.212. The molecule has 0 radical (unpaired) electrons. The number of carbonyl (C=O) groups is 1. The van der Waals surface area contributed by atoms with Crippen molar-refractivity contribution in [1.29, 1.82) is 0 Å². The molecule has 0 rings (SSSR count). The van der Waals surface area contributed by atoms with Crippen LogP contribution < -0.4 is 0 Å². The first kappa shape index (κ1) is 33.9. The van der Waals surface area contributed by atoms with Gasteiger partial charge in [0.1, 0.15) is 0 Å². The maximum atomic E-state index is 14.7. The molecule has 0 aliphatic heterocycles. The van der Waals surface area contributed by atoms with E-state index in [0.29, 0.717) is 0 Å². The summed E-state index contributed by atoms with van der Waals surface area (Å²) >= 11 is 0. The van der Waals surface area contributed by atoms with Crippen LogP contribution in [0.1, 0.15) is 13.8 Å². The van der Waals surface area contributed by atoms with Gasteiger partial charge in [-0.15, -0.1) is 0 Å². The largest absolute Gasteiger partial charge is 0.463 e. The van der Waals surface area contributed by atoms with Crippen LogP contribution in [0.4, 0.5) is 83.4 Å². The fraction of sp³-hybridized carbons (Fsp3) is 0.800. The first-order chi connectivity index (χ1) is 15.4. The molecule has 0 aliphatic carbocycles. The van der Waals surface area contributed by atoms with Gasteiger partial charge in [0.15, 0.2) is 0 Å². The molecule has 0 aromatic heterocycles.